The summed E-state index contributed by atoms with van der Waals surface area (Å²) < 4.78 is 12.9. The molecule has 0 radical (unpaired) electrons. The second-order valence-electron chi connectivity index (χ2n) is 14.0. The number of furan rings is 2. The van der Waals surface area contributed by atoms with Gasteiger partial charge in [0.15, 0.2) is 17.5 Å². The van der Waals surface area contributed by atoms with Gasteiger partial charge in [0, 0.05) is 32.7 Å². The first-order chi connectivity index (χ1) is 27.7. The van der Waals surface area contributed by atoms with Crippen LogP contribution >= 0.6 is 0 Å². The number of nitrogens with zero attached hydrogens (tertiary/aromatic N) is 3. The molecule has 0 atom stereocenters. The van der Waals surface area contributed by atoms with Gasteiger partial charge in [-0.25, -0.2) is 15.0 Å². The van der Waals surface area contributed by atoms with E-state index < -0.39 is 0 Å². The molecule has 0 aliphatic rings. The number of aromatic nitrogens is 3. The Kier molecular flexibility index (Phi) is 7.42. The highest BCUT2D eigenvalue weighted by atomic mass is 16.3. The molecular weight excluding hydrogens is 687 g/mol. The molecule has 11 rings (SSSR count). The third-order valence-electron chi connectivity index (χ3n) is 10.6. The van der Waals surface area contributed by atoms with Crippen molar-refractivity contribution in [2.24, 2.45) is 0 Å². The lowest BCUT2D eigenvalue weighted by Crippen LogP contribution is -2.00. The molecule has 0 aliphatic carbocycles. The van der Waals surface area contributed by atoms with Crippen molar-refractivity contribution in [3.63, 3.8) is 0 Å². The zero-order valence-electron chi connectivity index (χ0n) is 30.1. The normalized spacial score (nSPS) is 11.6. The Morgan fingerprint density at radius 1 is 0.268 bits per heavy atom. The summed E-state index contributed by atoms with van der Waals surface area (Å²) in [7, 11) is 0. The minimum Gasteiger partial charge on any atom is -0.456 e. The van der Waals surface area contributed by atoms with Gasteiger partial charge in [-0.15, -0.1) is 0 Å². The van der Waals surface area contributed by atoms with Gasteiger partial charge in [0.2, 0.25) is 0 Å². The van der Waals surface area contributed by atoms with Crippen LogP contribution in [0.1, 0.15) is 0 Å². The molecule has 0 saturated heterocycles. The van der Waals surface area contributed by atoms with Gasteiger partial charge in [-0.05, 0) is 69.8 Å². The van der Waals surface area contributed by atoms with Crippen molar-refractivity contribution in [3.05, 3.63) is 188 Å². The molecule has 0 N–H and O–H groups in total. The fourth-order valence-corrected chi connectivity index (χ4v) is 7.70. The van der Waals surface area contributed by atoms with E-state index >= 15 is 0 Å². The molecule has 0 spiro atoms. The number of rotatable bonds is 6. The standard InChI is InChI=1S/C51H31N3O2/c1-3-10-32(11-4-1)33-18-20-34(21-19-33)35-22-24-36(25-23-35)38-26-28-41-42-29-27-39(31-47(42)55-46(41)30-38)50-52-49(37-12-5-2-6-13-37)53-51(54-50)44-16-9-15-43-40-14-7-8-17-45(40)56-48(43)44/h1-31H. The van der Waals surface area contributed by atoms with Crippen molar-refractivity contribution in [2.45, 2.75) is 0 Å². The number of benzene rings is 8. The van der Waals surface area contributed by atoms with Crippen LogP contribution in [0.3, 0.4) is 0 Å². The molecule has 0 bridgehead atoms. The van der Waals surface area contributed by atoms with Crippen molar-refractivity contribution in [2.75, 3.05) is 0 Å². The van der Waals surface area contributed by atoms with Crippen LogP contribution in [0.15, 0.2) is 197 Å². The highest BCUT2D eigenvalue weighted by Crippen LogP contribution is 2.38. The van der Waals surface area contributed by atoms with Gasteiger partial charge in [-0.1, -0.05) is 152 Å². The third-order valence-corrected chi connectivity index (χ3v) is 10.6. The van der Waals surface area contributed by atoms with Gasteiger partial charge >= 0.3 is 0 Å². The first-order valence-corrected chi connectivity index (χ1v) is 18.7. The fraction of sp³-hybridized carbons (Fsp3) is 0. The van der Waals surface area contributed by atoms with Gasteiger partial charge in [-0.2, -0.15) is 0 Å². The van der Waals surface area contributed by atoms with E-state index in [2.05, 4.69) is 115 Å². The Labute approximate surface area is 322 Å². The van der Waals surface area contributed by atoms with Gasteiger partial charge < -0.3 is 8.83 Å². The molecule has 11 aromatic rings. The van der Waals surface area contributed by atoms with Crippen molar-refractivity contribution >= 4 is 43.9 Å². The van der Waals surface area contributed by atoms with Gasteiger partial charge in [-0.3, -0.25) is 0 Å². The molecule has 0 unspecified atom stereocenters. The van der Waals surface area contributed by atoms with Crippen LogP contribution in [0.4, 0.5) is 0 Å². The minimum absolute atomic E-state index is 0.545. The highest BCUT2D eigenvalue weighted by molar-refractivity contribution is 6.09. The first kappa shape index (κ1) is 31.9. The van der Waals surface area contributed by atoms with Crippen LogP contribution in [-0.4, -0.2) is 15.0 Å². The summed E-state index contributed by atoms with van der Waals surface area (Å²) in [4.78, 5) is 15.0. The summed E-state index contributed by atoms with van der Waals surface area (Å²) >= 11 is 0. The monoisotopic (exact) mass is 717 g/mol. The van der Waals surface area contributed by atoms with E-state index in [0.29, 0.717) is 17.5 Å². The van der Waals surface area contributed by atoms with Crippen LogP contribution in [0.25, 0.3) is 111 Å². The maximum atomic E-state index is 6.55. The largest absolute Gasteiger partial charge is 0.456 e. The average Bonchev–Trinajstić information content (AvgIpc) is 3.85. The zero-order valence-corrected chi connectivity index (χ0v) is 30.1. The summed E-state index contributed by atoms with van der Waals surface area (Å²) in [6.45, 7) is 0. The van der Waals surface area contributed by atoms with Crippen molar-refractivity contribution in [1.82, 2.24) is 15.0 Å². The Hall–Kier alpha value is -7.63. The average molecular weight is 718 g/mol. The van der Waals surface area contributed by atoms with Crippen LogP contribution in [0, 0.1) is 0 Å². The SMILES string of the molecule is c1ccc(-c2ccc(-c3ccc(-c4ccc5c(c4)oc4cc(-c6nc(-c7ccccc7)nc(-c7cccc8c7oc7ccccc78)n6)ccc45)cc3)cc2)cc1. The molecule has 3 heterocycles. The maximum Gasteiger partial charge on any atom is 0.167 e. The summed E-state index contributed by atoms with van der Waals surface area (Å²) in [6, 6.07) is 64.8. The highest BCUT2D eigenvalue weighted by Gasteiger charge is 2.19. The lowest BCUT2D eigenvalue weighted by atomic mass is 9.97. The van der Waals surface area contributed by atoms with E-state index in [4.69, 9.17) is 23.8 Å². The predicted molar refractivity (Wildman–Crippen MR) is 227 cm³/mol. The summed E-state index contributed by atoms with van der Waals surface area (Å²) in [5, 5.41) is 4.18. The van der Waals surface area contributed by atoms with Crippen LogP contribution in [0.2, 0.25) is 0 Å². The molecule has 5 nitrogen and oxygen atoms in total. The van der Waals surface area contributed by atoms with E-state index in [1.807, 2.05) is 72.8 Å². The van der Waals surface area contributed by atoms with E-state index in [9.17, 15) is 0 Å². The molecule has 0 fully saturated rings. The lowest BCUT2D eigenvalue weighted by Gasteiger charge is -2.08. The lowest BCUT2D eigenvalue weighted by molar-refractivity contribution is 0.668. The van der Waals surface area contributed by atoms with Crippen LogP contribution in [0.5, 0.6) is 0 Å². The van der Waals surface area contributed by atoms with Crippen LogP contribution in [-0.2, 0) is 0 Å². The maximum absolute atomic E-state index is 6.55. The topological polar surface area (TPSA) is 65.0 Å². The third kappa shape index (κ3) is 5.53. The Morgan fingerprint density at radius 2 is 0.714 bits per heavy atom. The molecular formula is C51H31N3O2. The van der Waals surface area contributed by atoms with E-state index in [-0.39, 0.29) is 0 Å². The van der Waals surface area contributed by atoms with Crippen molar-refractivity contribution in [3.8, 4) is 67.5 Å². The number of hydrogen-bond acceptors (Lipinski definition) is 5. The van der Waals surface area contributed by atoms with Gasteiger partial charge in [0.05, 0.1) is 5.56 Å². The predicted octanol–water partition coefficient (Wildman–Crippen LogP) is 13.7. The Morgan fingerprint density at radius 3 is 1.38 bits per heavy atom. The summed E-state index contributed by atoms with van der Waals surface area (Å²) in [6.07, 6.45) is 0. The molecule has 8 aromatic carbocycles. The Balaban J connectivity index is 0.947. The molecule has 262 valence electrons. The number of fused-ring (bicyclic) bond motifs is 6. The zero-order chi connectivity index (χ0) is 37.0. The van der Waals surface area contributed by atoms with E-state index in [0.717, 1.165) is 71.7 Å². The number of para-hydroxylation sites is 2. The molecule has 5 heteroatoms. The van der Waals surface area contributed by atoms with E-state index in [1.165, 1.54) is 22.3 Å². The fourth-order valence-electron chi connectivity index (χ4n) is 7.70. The molecule has 3 aromatic heterocycles. The molecule has 0 amide bonds. The quantitative estimate of drug-likeness (QED) is 0.171. The molecule has 0 aliphatic heterocycles. The summed E-state index contributed by atoms with van der Waals surface area (Å²) in [5.74, 6) is 1.69. The summed E-state index contributed by atoms with van der Waals surface area (Å²) in [5.41, 5.74) is 12.7. The number of hydrogen-bond donors (Lipinski definition) is 0. The molecule has 0 saturated carbocycles. The first-order valence-electron chi connectivity index (χ1n) is 18.7. The van der Waals surface area contributed by atoms with Crippen molar-refractivity contribution in [1.29, 1.82) is 0 Å². The second kappa shape index (κ2) is 13.0. The molecule has 56 heavy (non-hydrogen) atoms. The van der Waals surface area contributed by atoms with Crippen LogP contribution < -0.4 is 0 Å². The Bertz CT molecular complexity index is 3220. The van der Waals surface area contributed by atoms with Gasteiger partial charge in [0.1, 0.15) is 22.3 Å². The van der Waals surface area contributed by atoms with Gasteiger partial charge in [0.25, 0.3) is 0 Å². The van der Waals surface area contributed by atoms with E-state index in [1.54, 1.807) is 0 Å². The second-order valence-corrected chi connectivity index (χ2v) is 14.0. The minimum atomic E-state index is 0.545. The smallest absolute Gasteiger partial charge is 0.167 e. The van der Waals surface area contributed by atoms with Crippen molar-refractivity contribution < 1.29 is 8.83 Å².